The number of rotatable bonds is 3. The number of aliphatic carboxylic acids is 1. The van der Waals surface area contributed by atoms with E-state index >= 15 is 0 Å². The van der Waals surface area contributed by atoms with E-state index in [1.807, 2.05) is 6.08 Å². The van der Waals surface area contributed by atoms with Gasteiger partial charge in [-0.25, -0.2) is 0 Å². The maximum Gasteiger partial charge on any atom is 0.303 e. The Kier molecular flexibility index (Phi) is 4.10. The van der Waals surface area contributed by atoms with E-state index in [0.29, 0.717) is 6.42 Å². The lowest BCUT2D eigenvalue weighted by molar-refractivity contribution is -0.136. The van der Waals surface area contributed by atoms with Crippen molar-refractivity contribution in [2.45, 2.75) is 44.2 Å². The Balaban J connectivity index is 2.44. The van der Waals surface area contributed by atoms with Crippen molar-refractivity contribution in [2.75, 3.05) is 0 Å². The zero-order chi connectivity index (χ0) is 10.6. The molecule has 1 aliphatic rings. The Hall–Kier alpha value is -0.870. The van der Waals surface area contributed by atoms with Crippen molar-refractivity contribution in [2.24, 2.45) is 5.73 Å². The molecule has 1 saturated carbocycles. The maximum absolute atomic E-state index is 10.3. The molecule has 0 aromatic heterocycles. The van der Waals surface area contributed by atoms with Gasteiger partial charge in [0.25, 0.3) is 0 Å². The molecule has 80 valence electrons. The zero-order valence-corrected chi connectivity index (χ0v) is 8.15. The number of hydrogen-bond donors (Lipinski definition) is 3. The summed E-state index contributed by atoms with van der Waals surface area (Å²) in [6.45, 7) is 0. The number of carbonyl (C=O) groups is 1. The van der Waals surface area contributed by atoms with Crippen molar-refractivity contribution in [1.29, 1.82) is 0 Å². The third kappa shape index (κ3) is 3.12. The minimum Gasteiger partial charge on any atom is -0.481 e. The quantitative estimate of drug-likeness (QED) is 0.583. The standard InChI is InChI=1S/C10H17NO3/c11-10-7(3-1-5-8(10)12)4-2-6-9(13)14/h4,8,10,12H,1-3,5-6,11H2,(H,13,14)/b7-4+. The fourth-order valence-corrected chi connectivity index (χ4v) is 1.73. The van der Waals surface area contributed by atoms with Crippen molar-refractivity contribution in [3.63, 3.8) is 0 Å². The van der Waals surface area contributed by atoms with Gasteiger partial charge in [-0.3, -0.25) is 4.79 Å². The van der Waals surface area contributed by atoms with Crippen LogP contribution in [-0.4, -0.2) is 28.3 Å². The molecular weight excluding hydrogens is 182 g/mol. The average molecular weight is 199 g/mol. The van der Waals surface area contributed by atoms with Gasteiger partial charge in [0, 0.05) is 6.42 Å². The maximum atomic E-state index is 10.3. The summed E-state index contributed by atoms with van der Waals surface area (Å²) in [4.78, 5) is 10.3. The molecular formula is C10H17NO3. The lowest BCUT2D eigenvalue weighted by Crippen LogP contribution is -2.39. The van der Waals surface area contributed by atoms with Gasteiger partial charge in [-0.2, -0.15) is 0 Å². The summed E-state index contributed by atoms with van der Waals surface area (Å²) < 4.78 is 0. The van der Waals surface area contributed by atoms with Gasteiger partial charge in [0.15, 0.2) is 0 Å². The zero-order valence-electron chi connectivity index (χ0n) is 8.15. The highest BCUT2D eigenvalue weighted by Crippen LogP contribution is 2.23. The summed E-state index contributed by atoms with van der Waals surface area (Å²) in [6.07, 6.45) is 4.61. The van der Waals surface area contributed by atoms with Crippen LogP contribution in [0.15, 0.2) is 11.6 Å². The Morgan fingerprint density at radius 1 is 1.64 bits per heavy atom. The number of hydrogen-bond acceptors (Lipinski definition) is 3. The molecule has 4 heteroatoms. The topological polar surface area (TPSA) is 83.6 Å². The molecule has 0 amide bonds. The molecule has 0 heterocycles. The fraction of sp³-hybridized carbons (Fsp3) is 0.700. The highest BCUT2D eigenvalue weighted by atomic mass is 16.4. The first-order chi connectivity index (χ1) is 6.61. The third-order valence-corrected chi connectivity index (χ3v) is 2.57. The molecule has 0 saturated heterocycles. The SMILES string of the molecule is NC1/C(=C/CCC(=O)O)CCCC1O. The van der Waals surface area contributed by atoms with Gasteiger partial charge in [-0.15, -0.1) is 0 Å². The second-order valence-electron chi connectivity index (χ2n) is 3.70. The molecule has 2 atom stereocenters. The van der Waals surface area contributed by atoms with E-state index < -0.39 is 12.1 Å². The monoisotopic (exact) mass is 199 g/mol. The predicted octanol–water partition coefficient (Wildman–Crippen LogP) is 0.650. The van der Waals surface area contributed by atoms with Gasteiger partial charge in [0.05, 0.1) is 12.1 Å². The van der Waals surface area contributed by atoms with Crippen molar-refractivity contribution < 1.29 is 15.0 Å². The lowest BCUT2D eigenvalue weighted by atomic mass is 9.87. The second-order valence-corrected chi connectivity index (χ2v) is 3.70. The molecule has 0 aromatic rings. The van der Waals surface area contributed by atoms with Crippen LogP contribution in [0.25, 0.3) is 0 Å². The van der Waals surface area contributed by atoms with Crippen molar-refractivity contribution >= 4 is 5.97 Å². The summed E-state index contributed by atoms with van der Waals surface area (Å²) in [5.41, 5.74) is 6.78. The molecule has 4 N–H and O–H groups in total. The first-order valence-corrected chi connectivity index (χ1v) is 4.95. The molecule has 1 rings (SSSR count). The van der Waals surface area contributed by atoms with E-state index in [1.165, 1.54) is 0 Å². The van der Waals surface area contributed by atoms with E-state index in [4.69, 9.17) is 10.8 Å². The second kappa shape index (κ2) is 5.12. The van der Waals surface area contributed by atoms with Crippen LogP contribution >= 0.6 is 0 Å². The minimum atomic E-state index is -0.799. The van der Waals surface area contributed by atoms with E-state index in [2.05, 4.69) is 0 Å². The summed E-state index contributed by atoms with van der Waals surface area (Å²) in [6, 6.07) is -0.294. The number of carboxylic acid groups (broad SMARTS) is 1. The van der Waals surface area contributed by atoms with Crippen LogP contribution in [0.3, 0.4) is 0 Å². The molecule has 1 aliphatic carbocycles. The van der Waals surface area contributed by atoms with Crippen molar-refractivity contribution in [3.8, 4) is 0 Å². The van der Waals surface area contributed by atoms with Crippen LogP contribution in [0.4, 0.5) is 0 Å². The van der Waals surface area contributed by atoms with E-state index in [-0.39, 0.29) is 12.5 Å². The predicted molar refractivity (Wildman–Crippen MR) is 52.8 cm³/mol. The molecule has 0 aromatic carbocycles. The Bertz CT molecular complexity index is 238. The fourth-order valence-electron chi connectivity index (χ4n) is 1.73. The van der Waals surface area contributed by atoms with Crippen molar-refractivity contribution in [3.05, 3.63) is 11.6 Å². The largest absolute Gasteiger partial charge is 0.481 e. The van der Waals surface area contributed by atoms with Gasteiger partial charge in [0.1, 0.15) is 0 Å². The summed E-state index contributed by atoms with van der Waals surface area (Å²) in [5, 5.41) is 17.9. The van der Waals surface area contributed by atoms with Crippen molar-refractivity contribution in [1.82, 2.24) is 0 Å². The van der Waals surface area contributed by atoms with E-state index in [9.17, 15) is 9.90 Å². The van der Waals surface area contributed by atoms with Gasteiger partial charge in [0.2, 0.25) is 0 Å². The number of nitrogens with two attached hydrogens (primary N) is 1. The molecule has 0 radical (unpaired) electrons. The minimum absolute atomic E-state index is 0.131. The van der Waals surface area contributed by atoms with E-state index in [1.54, 1.807) is 0 Å². The van der Waals surface area contributed by atoms with Gasteiger partial charge < -0.3 is 15.9 Å². The first kappa shape index (κ1) is 11.2. The normalized spacial score (nSPS) is 30.6. The van der Waals surface area contributed by atoms with Crippen LogP contribution in [0.1, 0.15) is 32.1 Å². The Labute approximate surface area is 83.4 Å². The van der Waals surface area contributed by atoms with Crippen LogP contribution in [-0.2, 0) is 4.79 Å². The molecule has 2 unspecified atom stereocenters. The number of aliphatic hydroxyl groups is 1. The first-order valence-electron chi connectivity index (χ1n) is 4.95. The molecule has 4 nitrogen and oxygen atoms in total. The summed E-state index contributed by atoms with van der Waals surface area (Å²) in [5.74, 6) is -0.799. The summed E-state index contributed by atoms with van der Waals surface area (Å²) in [7, 11) is 0. The highest BCUT2D eigenvalue weighted by molar-refractivity contribution is 5.66. The Morgan fingerprint density at radius 3 is 3.00 bits per heavy atom. The number of carboxylic acids is 1. The van der Waals surface area contributed by atoms with Crippen LogP contribution < -0.4 is 5.73 Å². The molecule has 0 bridgehead atoms. The Morgan fingerprint density at radius 2 is 2.36 bits per heavy atom. The summed E-state index contributed by atoms with van der Waals surface area (Å²) >= 11 is 0. The van der Waals surface area contributed by atoms with Gasteiger partial charge in [-0.05, 0) is 25.7 Å². The molecule has 0 aliphatic heterocycles. The molecule has 0 spiro atoms. The molecule has 1 fully saturated rings. The molecule has 14 heavy (non-hydrogen) atoms. The van der Waals surface area contributed by atoms with Gasteiger partial charge in [-0.1, -0.05) is 11.6 Å². The van der Waals surface area contributed by atoms with Gasteiger partial charge >= 0.3 is 5.97 Å². The van der Waals surface area contributed by atoms with Crippen LogP contribution in [0.2, 0.25) is 0 Å². The highest BCUT2D eigenvalue weighted by Gasteiger charge is 2.23. The smallest absolute Gasteiger partial charge is 0.303 e. The number of allylic oxidation sites excluding steroid dienone is 1. The average Bonchev–Trinajstić information content (AvgIpc) is 2.12. The number of aliphatic hydroxyl groups excluding tert-OH is 1. The van der Waals surface area contributed by atoms with Crippen LogP contribution in [0.5, 0.6) is 0 Å². The lowest BCUT2D eigenvalue weighted by Gasteiger charge is -2.27. The van der Waals surface area contributed by atoms with Crippen LogP contribution in [0, 0.1) is 0 Å². The van der Waals surface area contributed by atoms with E-state index in [0.717, 1.165) is 24.8 Å². The third-order valence-electron chi connectivity index (χ3n) is 2.57.